The average Bonchev–Trinajstić information content (AvgIpc) is 2.68. The molecule has 0 amide bonds. The number of rotatable bonds is 10. The topological polar surface area (TPSA) is 64.6 Å². The molecule has 1 saturated heterocycles. The minimum Gasteiger partial charge on any atom is -0.370 e. The lowest BCUT2D eigenvalue weighted by Crippen LogP contribution is -2.41. The van der Waals surface area contributed by atoms with Crippen LogP contribution in [0.4, 0.5) is 5.82 Å². The summed E-state index contributed by atoms with van der Waals surface area (Å²) < 4.78 is 0. The van der Waals surface area contributed by atoms with Crippen LogP contribution in [0, 0.1) is 0 Å². The van der Waals surface area contributed by atoms with Gasteiger partial charge in [0.1, 0.15) is 5.82 Å². The van der Waals surface area contributed by atoms with E-state index in [1.165, 1.54) is 38.8 Å². The summed E-state index contributed by atoms with van der Waals surface area (Å²) in [6.07, 6.45) is 9.29. The van der Waals surface area contributed by atoms with E-state index in [2.05, 4.69) is 37.8 Å². The molecule has 1 aliphatic heterocycles. The van der Waals surface area contributed by atoms with Gasteiger partial charge in [-0.05, 0) is 57.7 Å². The standard InChI is InChI=1S/C20H36N6/c1-18-10-4-8-16-26(18)17-9-15-25-20(21-2)24-14-7-6-13-23-19-11-3-5-12-22-19/h3,5,11-12,18H,4,6-10,13-17H2,1-2H3,(H,22,23)(H2,21,24,25). The number of unbranched alkanes of at least 4 members (excludes halogenated alkanes) is 1. The van der Waals surface area contributed by atoms with Gasteiger partial charge in [0.05, 0.1) is 0 Å². The Hall–Kier alpha value is -1.82. The molecule has 0 radical (unpaired) electrons. The van der Waals surface area contributed by atoms with Crippen molar-refractivity contribution in [2.45, 2.75) is 51.5 Å². The van der Waals surface area contributed by atoms with E-state index in [9.17, 15) is 0 Å². The smallest absolute Gasteiger partial charge is 0.190 e. The lowest BCUT2D eigenvalue weighted by molar-refractivity contribution is 0.159. The van der Waals surface area contributed by atoms with Crippen molar-refractivity contribution in [3.63, 3.8) is 0 Å². The summed E-state index contributed by atoms with van der Waals surface area (Å²) in [4.78, 5) is 11.2. The first kappa shape index (κ1) is 20.5. The van der Waals surface area contributed by atoms with Gasteiger partial charge < -0.3 is 20.9 Å². The zero-order valence-electron chi connectivity index (χ0n) is 16.5. The molecule has 1 aliphatic rings. The number of likely N-dealkylation sites (tertiary alicyclic amines) is 1. The van der Waals surface area contributed by atoms with Crippen molar-refractivity contribution < 1.29 is 0 Å². The molecule has 6 heteroatoms. The summed E-state index contributed by atoms with van der Waals surface area (Å²) in [5.74, 6) is 1.86. The van der Waals surface area contributed by atoms with Crippen LogP contribution >= 0.6 is 0 Å². The lowest BCUT2D eigenvalue weighted by Gasteiger charge is -2.33. The third-order valence-electron chi connectivity index (χ3n) is 4.95. The molecule has 6 nitrogen and oxygen atoms in total. The SMILES string of the molecule is CN=C(NCCCCNc1ccccn1)NCCCN1CCCCC1C. The first-order valence-electron chi connectivity index (χ1n) is 10.1. The van der Waals surface area contributed by atoms with E-state index in [1.807, 2.05) is 31.4 Å². The summed E-state index contributed by atoms with van der Waals surface area (Å²) in [6.45, 7) is 7.66. The van der Waals surface area contributed by atoms with Crippen molar-refractivity contribution in [1.82, 2.24) is 20.5 Å². The van der Waals surface area contributed by atoms with Gasteiger partial charge in [0.2, 0.25) is 0 Å². The van der Waals surface area contributed by atoms with Crippen LogP contribution < -0.4 is 16.0 Å². The Morgan fingerprint density at radius 3 is 2.69 bits per heavy atom. The van der Waals surface area contributed by atoms with Crippen LogP contribution in [0.5, 0.6) is 0 Å². The Bertz CT molecular complexity index is 504. The molecule has 1 fully saturated rings. The van der Waals surface area contributed by atoms with Crippen LogP contribution in [0.3, 0.4) is 0 Å². The van der Waals surface area contributed by atoms with Crippen LogP contribution in [0.1, 0.15) is 45.4 Å². The Morgan fingerprint density at radius 2 is 1.96 bits per heavy atom. The highest BCUT2D eigenvalue weighted by Crippen LogP contribution is 2.15. The first-order valence-corrected chi connectivity index (χ1v) is 10.1. The molecule has 2 heterocycles. The largest absolute Gasteiger partial charge is 0.370 e. The quantitative estimate of drug-likeness (QED) is 0.340. The van der Waals surface area contributed by atoms with Crippen LogP contribution in [-0.4, -0.2) is 61.7 Å². The third kappa shape index (κ3) is 8.04. The second-order valence-electron chi connectivity index (χ2n) is 7.01. The Morgan fingerprint density at radius 1 is 1.15 bits per heavy atom. The molecule has 0 aromatic carbocycles. The van der Waals surface area contributed by atoms with Gasteiger partial charge in [0, 0.05) is 45.5 Å². The number of hydrogen-bond donors (Lipinski definition) is 3. The minimum atomic E-state index is 0.751. The third-order valence-corrected chi connectivity index (χ3v) is 4.95. The molecule has 3 N–H and O–H groups in total. The number of pyridine rings is 1. The van der Waals surface area contributed by atoms with E-state index >= 15 is 0 Å². The van der Waals surface area contributed by atoms with Gasteiger partial charge in [-0.25, -0.2) is 4.98 Å². The van der Waals surface area contributed by atoms with Gasteiger partial charge in [-0.15, -0.1) is 0 Å². The first-order chi connectivity index (χ1) is 12.8. The molecule has 1 unspecified atom stereocenters. The average molecular weight is 361 g/mol. The fourth-order valence-corrected chi connectivity index (χ4v) is 3.34. The highest BCUT2D eigenvalue weighted by molar-refractivity contribution is 5.79. The molecule has 26 heavy (non-hydrogen) atoms. The van der Waals surface area contributed by atoms with Crippen LogP contribution in [-0.2, 0) is 0 Å². The fraction of sp³-hybridized carbons (Fsp3) is 0.700. The highest BCUT2D eigenvalue weighted by atomic mass is 15.2. The van der Waals surface area contributed by atoms with Crippen molar-refractivity contribution in [3.05, 3.63) is 24.4 Å². The van der Waals surface area contributed by atoms with Crippen molar-refractivity contribution >= 4 is 11.8 Å². The Balaban J connectivity index is 1.47. The van der Waals surface area contributed by atoms with E-state index in [0.717, 1.165) is 50.3 Å². The van der Waals surface area contributed by atoms with Gasteiger partial charge in [0.25, 0.3) is 0 Å². The van der Waals surface area contributed by atoms with Crippen LogP contribution in [0.2, 0.25) is 0 Å². The number of aromatic nitrogens is 1. The molecule has 1 aromatic rings. The lowest BCUT2D eigenvalue weighted by atomic mass is 10.0. The highest BCUT2D eigenvalue weighted by Gasteiger charge is 2.16. The predicted molar refractivity (Wildman–Crippen MR) is 111 cm³/mol. The van der Waals surface area contributed by atoms with Gasteiger partial charge in [0.15, 0.2) is 5.96 Å². The molecule has 0 spiro atoms. The molecule has 1 aromatic heterocycles. The second kappa shape index (κ2) is 12.5. The van der Waals surface area contributed by atoms with E-state index in [4.69, 9.17) is 0 Å². The summed E-state index contributed by atoms with van der Waals surface area (Å²) in [5, 5.41) is 10.2. The predicted octanol–water partition coefficient (Wildman–Crippen LogP) is 2.70. The monoisotopic (exact) mass is 360 g/mol. The van der Waals surface area contributed by atoms with Crippen molar-refractivity contribution in [1.29, 1.82) is 0 Å². The number of aliphatic imine (C=N–C) groups is 1. The number of piperidine rings is 1. The van der Waals surface area contributed by atoms with Gasteiger partial charge in [-0.3, -0.25) is 4.99 Å². The maximum Gasteiger partial charge on any atom is 0.190 e. The zero-order chi connectivity index (χ0) is 18.5. The van der Waals surface area contributed by atoms with Crippen LogP contribution in [0.25, 0.3) is 0 Å². The second-order valence-corrected chi connectivity index (χ2v) is 7.01. The normalized spacial score (nSPS) is 18.5. The summed E-state index contributed by atoms with van der Waals surface area (Å²) in [6, 6.07) is 6.68. The van der Waals surface area contributed by atoms with Crippen molar-refractivity contribution in [2.24, 2.45) is 4.99 Å². The van der Waals surface area contributed by atoms with Gasteiger partial charge in [-0.2, -0.15) is 0 Å². The Labute approximate surface area is 158 Å². The number of nitrogens with one attached hydrogen (secondary N) is 3. The molecule has 146 valence electrons. The van der Waals surface area contributed by atoms with Crippen molar-refractivity contribution in [3.8, 4) is 0 Å². The van der Waals surface area contributed by atoms with E-state index in [1.54, 1.807) is 0 Å². The number of hydrogen-bond acceptors (Lipinski definition) is 4. The number of nitrogens with zero attached hydrogens (tertiary/aromatic N) is 3. The van der Waals surface area contributed by atoms with E-state index in [-0.39, 0.29) is 0 Å². The maximum atomic E-state index is 4.31. The summed E-state index contributed by atoms with van der Waals surface area (Å²) in [7, 11) is 1.84. The summed E-state index contributed by atoms with van der Waals surface area (Å²) >= 11 is 0. The van der Waals surface area contributed by atoms with E-state index < -0.39 is 0 Å². The minimum absolute atomic E-state index is 0.751. The molecular weight excluding hydrogens is 324 g/mol. The van der Waals surface area contributed by atoms with Gasteiger partial charge in [-0.1, -0.05) is 12.5 Å². The molecule has 2 rings (SSSR count). The number of guanidine groups is 1. The Kier molecular flexibility index (Phi) is 9.87. The molecule has 1 atom stereocenters. The fourth-order valence-electron chi connectivity index (χ4n) is 3.34. The molecule has 0 bridgehead atoms. The van der Waals surface area contributed by atoms with E-state index in [0.29, 0.717) is 0 Å². The van der Waals surface area contributed by atoms with Crippen LogP contribution in [0.15, 0.2) is 29.4 Å². The summed E-state index contributed by atoms with van der Waals surface area (Å²) in [5.41, 5.74) is 0. The maximum absolute atomic E-state index is 4.31. The molecule has 0 saturated carbocycles. The van der Waals surface area contributed by atoms with Gasteiger partial charge >= 0.3 is 0 Å². The molecule has 0 aliphatic carbocycles. The molecular formula is C20H36N6. The zero-order valence-corrected chi connectivity index (χ0v) is 16.5. The van der Waals surface area contributed by atoms with Crippen molar-refractivity contribution in [2.75, 3.05) is 45.1 Å². The number of anilines is 1.